The second kappa shape index (κ2) is 10.0. The van der Waals surface area contributed by atoms with Gasteiger partial charge in [0.1, 0.15) is 0 Å². The number of hydrogen-bond acceptors (Lipinski definition) is 3. The molecule has 1 atom stereocenters. The van der Waals surface area contributed by atoms with Crippen molar-refractivity contribution in [2.45, 2.75) is 39.2 Å². The molecule has 0 radical (unpaired) electrons. The molecule has 1 aliphatic heterocycles. The highest BCUT2D eigenvalue weighted by atomic mass is 35.5. The Morgan fingerprint density at radius 1 is 1.32 bits per heavy atom. The van der Waals surface area contributed by atoms with Crippen molar-refractivity contribution in [1.82, 2.24) is 10.2 Å². The lowest BCUT2D eigenvalue weighted by atomic mass is 10.0. The molecule has 19 heavy (non-hydrogen) atoms. The summed E-state index contributed by atoms with van der Waals surface area (Å²) in [6.07, 6.45) is 3.96. The first kappa shape index (κ1) is 19.2. The van der Waals surface area contributed by atoms with Crippen LogP contribution >= 0.6 is 36.2 Å². The molecule has 112 valence electrons. The van der Waals surface area contributed by atoms with Crippen molar-refractivity contribution in [2.24, 2.45) is 0 Å². The third-order valence-electron chi connectivity index (χ3n) is 3.63. The van der Waals surface area contributed by atoms with Crippen molar-refractivity contribution in [1.29, 1.82) is 0 Å². The van der Waals surface area contributed by atoms with Gasteiger partial charge in [0.2, 0.25) is 0 Å². The first-order valence-corrected chi connectivity index (χ1v) is 7.69. The van der Waals surface area contributed by atoms with Crippen molar-refractivity contribution in [2.75, 3.05) is 26.2 Å². The predicted molar refractivity (Wildman–Crippen MR) is 90.3 cm³/mol. The number of nitrogens with one attached hydrogen (secondary N) is 1. The molecule has 1 aliphatic rings. The predicted octanol–water partition coefficient (Wildman–Crippen LogP) is 4.04. The minimum atomic E-state index is 0. The molecule has 1 fully saturated rings. The van der Waals surface area contributed by atoms with Gasteiger partial charge in [-0.05, 0) is 30.4 Å². The Hall–Kier alpha value is 0.200. The van der Waals surface area contributed by atoms with Gasteiger partial charge in [-0.1, -0.05) is 19.8 Å². The van der Waals surface area contributed by atoms with Crippen LogP contribution in [0.4, 0.5) is 0 Å². The molecule has 1 aromatic heterocycles. The Morgan fingerprint density at radius 3 is 2.53 bits per heavy atom. The average molecular weight is 325 g/mol. The van der Waals surface area contributed by atoms with Crippen LogP contribution in [0.15, 0.2) is 11.4 Å². The molecule has 1 saturated heterocycles. The molecule has 0 aliphatic carbocycles. The summed E-state index contributed by atoms with van der Waals surface area (Å²) in [5.41, 5.74) is 1.48. The maximum absolute atomic E-state index is 3.45. The van der Waals surface area contributed by atoms with Crippen molar-refractivity contribution >= 4 is 36.2 Å². The molecule has 0 spiro atoms. The number of unbranched alkanes of at least 4 members (excludes halogenated alkanes) is 1. The molecule has 0 saturated carbocycles. The summed E-state index contributed by atoms with van der Waals surface area (Å²) < 4.78 is 0. The highest BCUT2D eigenvalue weighted by molar-refractivity contribution is 7.10. The largest absolute Gasteiger partial charge is 0.314 e. The van der Waals surface area contributed by atoms with E-state index in [2.05, 4.69) is 35.5 Å². The van der Waals surface area contributed by atoms with Gasteiger partial charge in [0, 0.05) is 37.1 Å². The van der Waals surface area contributed by atoms with Gasteiger partial charge in [0.15, 0.2) is 0 Å². The first-order chi connectivity index (χ1) is 8.33. The molecule has 1 aromatic rings. The van der Waals surface area contributed by atoms with Gasteiger partial charge in [-0.2, -0.15) is 0 Å². The molecule has 2 heterocycles. The topological polar surface area (TPSA) is 15.3 Å². The summed E-state index contributed by atoms with van der Waals surface area (Å²) in [5.74, 6) is 0. The molecular weight excluding hydrogens is 299 g/mol. The summed E-state index contributed by atoms with van der Waals surface area (Å²) in [5, 5.41) is 5.69. The zero-order valence-electron chi connectivity index (χ0n) is 11.9. The van der Waals surface area contributed by atoms with Gasteiger partial charge >= 0.3 is 0 Å². The van der Waals surface area contributed by atoms with Crippen LogP contribution in [0.2, 0.25) is 0 Å². The van der Waals surface area contributed by atoms with Crippen LogP contribution in [-0.2, 0) is 0 Å². The van der Waals surface area contributed by atoms with E-state index in [4.69, 9.17) is 0 Å². The number of hydrogen-bond donors (Lipinski definition) is 1. The summed E-state index contributed by atoms with van der Waals surface area (Å²) in [7, 11) is 0. The van der Waals surface area contributed by atoms with E-state index in [0.29, 0.717) is 6.04 Å². The van der Waals surface area contributed by atoms with Gasteiger partial charge in [-0.3, -0.25) is 4.90 Å². The maximum atomic E-state index is 3.45. The molecular formula is C14H26Cl2N2S. The molecule has 5 heteroatoms. The van der Waals surface area contributed by atoms with E-state index < -0.39 is 0 Å². The molecule has 0 unspecified atom stereocenters. The quantitative estimate of drug-likeness (QED) is 0.879. The van der Waals surface area contributed by atoms with Gasteiger partial charge in [-0.15, -0.1) is 36.2 Å². The van der Waals surface area contributed by atoms with E-state index in [1.165, 1.54) is 37.9 Å². The van der Waals surface area contributed by atoms with Crippen molar-refractivity contribution < 1.29 is 0 Å². The molecule has 0 bridgehead atoms. The Morgan fingerprint density at radius 2 is 2.00 bits per heavy atom. The lowest BCUT2D eigenvalue weighted by Gasteiger charge is -2.35. The van der Waals surface area contributed by atoms with Crippen LogP contribution in [0.3, 0.4) is 0 Å². The van der Waals surface area contributed by atoms with Gasteiger partial charge < -0.3 is 5.32 Å². The molecule has 0 aromatic carbocycles. The van der Waals surface area contributed by atoms with Crippen molar-refractivity contribution in [3.05, 3.63) is 21.9 Å². The highest BCUT2D eigenvalue weighted by Gasteiger charge is 2.23. The van der Waals surface area contributed by atoms with Crippen LogP contribution in [0.25, 0.3) is 0 Å². The van der Waals surface area contributed by atoms with Crippen LogP contribution < -0.4 is 5.32 Å². The normalized spacial score (nSPS) is 17.4. The fourth-order valence-electron chi connectivity index (χ4n) is 2.60. The Labute approximate surface area is 133 Å². The van der Waals surface area contributed by atoms with Gasteiger partial charge in [-0.25, -0.2) is 0 Å². The minimum absolute atomic E-state index is 0. The number of thiophene rings is 1. The van der Waals surface area contributed by atoms with Crippen LogP contribution in [0, 0.1) is 6.92 Å². The monoisotopic (exact) mass is 324 g/mol. The van der Waals surface area contributed by atoms with Crippen LogP contribution in [0.5, 0.6) is 0 Å². The Bertz CT molecular complexity index is 338. The third-order valence-corrected chi connectivity index (χ3v) is 4.75. The Kier molecular flexibility index (Phi) is 10.1. The third kappa shape index (κ3) is 5.24. The van der Waals surface area contributed by atoms with Gasteiger partial charge in [0.05, 0.1) is 0 Å². The lowest BCUT2D eigenvalue weighted by Crippen LogP contribution is -2.45. The molecule has 0 amide bonds. The molecule has 2 nitrogen and oxygen atoms in total. The highest BCUT2D eigenvalue weighted by Crippen LogP contribution is 2.32. The van der Waals surface area contributed by atoms with E-state index in [0.717, 1.165) is 13.1 Å². The smallest absolute Gasteiger partial charge is 0.0445 e. The van der Waals surface area contributed by atoms with Crippen molar-refractivity contribution in [3.63, 3.8) is 0 Å². The first-order valence-electron chi connectivity index (χ1n) is 6.81. The fourth-order valence-corrected chi connectivity index (χ4v) is 3.69. The molecule has 2 rings (SSSR count). The summed E-state index contributed by atoms with van der Waals surface area (Å²) in [4.78, 5) is 4.27. The number of aryl methyl sites for hydroxylation is 1. The Balaban J connectivity index is 0.00000162. The summed E-state index contributed by atoms with van der Waals surface area (Å²) in [6, 6.07) is 2.93. The number of piperazine rings is 1. The minimum Gasteiger partial charge on any atom is -0.314 e. The summed E-state index contributed by atoms with van der Waals surface area (Å²) >= 11 is 1.94. The number of nitrogens with zero attached hydrogens (tertiary/aromatic N) is 1. The zero-order valence-corrected chi connectivity index (χ0v) is 14.3. The standard InChI is InChI=1S/C14H24N2S.2ClH/c1-3-4-5-13(14-12(2)6-11-17-14)16-9-7-15-8-10-16;;/h6,11,13,15H,3-5,7-10H2,1-2H3;2*1H/t13-;;/m1../s1. The van der Waals surface area contributed by atoms with E-state index in [1.54, 1.807) is 4.88 Å². The number of rotatable bonds is 5. The SMILES string of the molecule is CCCC[C@H](c1sccc1C)N1CCNCC1.Cl.Cl. The lowest BCUT2D eigenvalue weighted by molar-refractivity contribution is 0.165. The van der Waals surface area contributed by atoms with E-state index in [1.807, 2.05) is 11.3 Å². The zero-order chi connectivity index (χ0) is 12.1. The summed E-state index contributed by atoms with van der Waals surface area (Å²) in [6.45, 7) is 9.24. The van der Waals surface area contributed by atoms with E-state index in [9.17, 15) is 0 Å². The second-order valence-electron chi connectivity index (χ2n) is 4.91. The maximum Gasteiger partial charge on any atom is 0.0445 e. The van der Waals surface area contributed by atoms with E-state index >= 15 is 0 Å². The van der Waals surface area contributed by atoms with Crippen LogP contribution in [0.1, 0.15) is 42.7 Å². The molecule has 1 N–H and O–H groups in total. The number of halogens is 2. The van der Waals surface area contributed by atoms with Gasteiger partial charge in [0.25, 0.3) is 0 Å². The van der Waals surface area contributed by atoms with Crippen molar-refractivity contribution in [3.8, 4) is 0 Å². The fraction of sp³-hybridized carbons (Fsp3) is 0.714. The van der Waals surface area contributed by atoms with E-state index in [-0.39, 0.29) is 24.8 Å². The average Bonchev–Trinajstić information content (AvgIpc) is 2.78. The van der Waals surface area contributed by atoms with Crippen LogP contribution in [-0.4, -0.2) is 31.1 Å². The second-order valence-corrected chi connectivity index (χ2v) is 5.86.